The van der Waals surface area contributed by atoms with Crippen molar-refractivity contribution >= 4 is 17.9 Å². The third kappa shape index (κ3) is 6.52. The Labute approximate surface area is 121 Å². The molecule has 112 valence electrons. The SMILES string of the molecule is CC1SCCCC1NCCN(C)C(=O)OC(C)(C)C. The van der Waals surface area contributed by atoms with Gasteiger partial charge in [-0.05, 0) is 39.4 Å². The van der Waals surface area contributed by atoms with Crippen LogP contribution in [0.15, 0.2) is 0 Å². The zero-order valence-electron chi connectivity index (χ0n) is 12.9. The van der Waals surface area contributed by atoms with Gasteiger partial charge in [0, 0.05) is 31.4 Å². The average molecular weight is 288 g/mol. The molecule has 0 aliphatic carbocycles. The minimum Gasteiger partial charge on any atom is -0.444 e. The Balaban J connectivity index is 2.22. The number of nitrogens with one attached hydrogen (secondary N) is 1. The van der Waals surface area contributed by atoms with Crippen molar-refractivity contribution in [3.63, 3.8) is 0 Å². The highest BCUT2D eigenvalue weighted by Gasteiger charge is 2.22. The Morgan fingerprint density at radius 1 is 1.47 bits per heavy atom. The van der Waals surface area contributed by atoms with Crippen molar-refractivity contribution in [2.45, 2.75) is 57.4 Å². The van der Waals surface area contributed by atoms with Crippen LogP contribution in [0.5, 0.6) is 0 Å². The van der Waals surface area contributed by atoms with Gasteiger partial charge in [-0.15, -0.1) is 0 Å². The van der Waals surface area contributed by atoms with Gasteiger partial charge >= 0.3 is 6.09 Å². The van der Waals surface area contributed by atoms with Crippen molar-refractivity contribution < 1.29 is 9.53 Å². The second-order valence-electron chi connectivity index (χ2n) is 6.18. The van der Waals surface area contributed by atoms with Crippen molar-refractivity contribution in [3.05, 3.63) is 0 Å². The number of carbonyl (C=O) groups is 1. The molecule has 1 saturated heterocycles. The molecule has 0 aromatic rings. The lowest BCUT2D eigenvalue weighted by atomic mass is 10.1. The first-order chi connectivity index (χ1) is 8.79. The summed E-state index contributed by atoms with van der Waals surface area (Å²) in [6, 6.07) is 0.575. The first kappa shape index (κ1) is 16.6. The molecule has 1 amide bonds. The van der Waals surface area contributed by atoms with Gasteiger partial charge in [0.25, 0.3) is 0 Å². The summed E-state index contributed by atoms with van der Waals surface area (Å²) in [7, 11) is 1.79. The van der Waals surface area contributed by atoms with Crippen molar-refractivity contribution in [3.8, 4) is 0 Å². The average Bonchev–Trinajstić information content (AvgIpc) is 2.29. The summed E-state index contributed by atoms with van der Waals surface area (Å²) in [5.41, 5.74) is -0.423. The highest BCUT2D eigenvalue weighted by Crippen LogP contribution is 2.24. The molecule has 2 unspecified atom stereocenters. The molecule has 1 N–H and O–H groups in total. The standard InChI is InChI=1S/C14H28N2O2S/c1-11-12(7-6-10-19-11)15-8-9-16(5)13(17)18-14(2,3)4/h11-12,15H,6-10H2,1-5H3. The molecule has 5 heteroatoms. The largest absolute Gasteiger partial charge is 0.444 e. The molecule has 19 heavy (non-hydrogen) atoms. The Kier molecular flexibility index (Phi) is 6.47. The quantitative estimate of drug-likeness (QED) is 0.863. The van der Waals surface area contributed by atoms with Gasteiger partial charge in [-0.2, -0.15) is 11.8 Å². The summed E-state index contributed by atoms with van der Waals surface area (Å²) < 4.78 is 5.32. The molecule has 0 spiro atoms. The molecule has 1 aliphatic heterocycles. The minimum absolute atomic E-state index is 0.250. The van der Waals surface area contributed by atoms with Gasteiger partial charge < -0.3 is 15.0 Å². The van der Waals surface area contributed by atoms with Crippen LogP contribution in [0.1, 0.15) is 40.5 Å². The van der Waals surface area contributed by atoms with Crippen LogP contribution in [-0.2, 0) is 4.74 Å². The van der Waals surface area contributed by atoms with Crippen molar-refractivity contribution in [1.82, 2.24) is 10.2 Å². The maximum Gasteiger partial charge on any atom is 0.410 e. The van der Waals surface area contributed by atoms with E-state index >= 15 is 0 Å². The predicted molar refractivity (Wildman–Crippen MR) is 81.8 cm³/mol. The van der Waals surface area contributed by atoms with E-state index in [9.17, 15) is 4.79 Å². The number of amides is 1. The Morgan fingerprint density at radius 2 is 2.16 bits per heavy atom. The van der Waals surface area contributed by atoms with E-state index in [-0.39, 0.29) is 6.09 Å². The first-order valence-electron chi connectivity index (χ1n) is 7.08. The maximum atomic E-state index is 11.8. The highest BCUT2D eigenvalue weighted by atomic mass is 32.2. The van der Waals surface area contributed by atoms with Crippen LogP contribution < -0.4 is 5.32 Å². The van der Waals surface area contributed by atoms with E-state index in [0.29, 0.717) is 17.8 Å². The van der Waals surface area contributed by atoms with Crippen LogP contribution in [0, 0.1) is 0 Å². The van der Waals surface area contributed by atoms with Crippen LogP contribution in [0.2, 0.25) is 0 Å². The number of thioether (sulfide) groups is 1. The fraction of sp³-hybridized carbons (Fsp3) is 0.929. The van der Waals surface area contributed by atoms with Crippen LogP contribution in [0.4, 0.5) is 4.79 Å². The van der Waals surface area contributed by atoms with E-state index in [2.05, 4.69) is 12.2 Å². The molecule has 1 aliphatic rings. The third-order valence-corrected chi connectivity index (χ3v) is 4.54. The Hall–Kier alpha value is -0.420. The van der Waals surface area contributed by atoms with Crippen molar-refractivity contribution in [2.24, 2.45) is 0 Å². The molecule has 0 saturated carbocycles. The van der Waals surface area contributed by atoms with Gasteiger partial charge in [0.2, 0.25) is 0 Å². The summed E-state index contributed by atoms with van der Waals surface area (Å²) in [5, 5.41) is 4.22. The number of rotatable bonds is 4. The highest BCUT2D eigenvalue weighted by molar-refractivity contribution is 7.99. The summed E-state index contributed by atoms with van der Waals surface area (Å²) >= 11 is 2.03. The van der Waals surface area contributed by atoms with Crippen molar-refractivity contribution in [2.75, 3.05) is 25.9 Å². The monoisotopic (exact) mass is 288 g/mol. The van der Waals surface area contributed by atoms with Gasteiger partial charge in [-0.25, -0.2) is 4.79 Å². The second kappa shape index (κ2) is 7.39. The normalized spacial score (nSPS) is 24.1. The van der Waals surface area contributed by atoms with Crippen LogP contribution >= 0.6 is 11.8 Å². The minimum atomic E-state index is -0.423. The first-order valence-corrected chi connectivity index (χ1v) is 8.13. The lowest BCUT2D eigenvalue weighted by Gasteiger charge is -2.30. The Morgan fingerprint density at radius 3 is 2.74 bits per heavy atom. The lowest BCUT2D eigenvalue weighted by molar-refractivity contribution is 0.0299. The van der Waals surface area contributed by atoms with Gasteiger partial charge in [0.05, 0.1) is 0 Å². The topological polar surface area (TPSA) is 41.6 Å². The van der Waals surface area contributed by atoms with E-state index in [1.165, 1.54) is 18.6 Å². The van der Waals surface area contributed by atoms with Gasteiger partial charge in [0.1, 0.15) is 5.60 Å². The number of nitrogens with zero attached hydrogens (tertiary/aromatic N) is 1. The molecular weight excluding hydrogens is 260 g/mol. The molecule has 0 bridgehead atoms. The van der Waals surface area contributed by atoms with Crippen LogP contribution in [0.3, 0.4) is 0 Å². The van der Waals surface area contributed by atoms with E-state index < -0.39 is 5.60 Å². The Bertz CT molecular complexity index is 292. The molecular formula is C14H28N2O2S. The molecule has 1 heterocycles. The molecule has 1 rings (SSSR count). The van der Waals surface area contributed by atoms with E-state index in [1.807, 2.05) is 32.5 Å². The maximum absolute atomic E-state index is 11.8. The molecule has 1 fully saturated rings. The zero-order chi connectivity index (χ0) is 14.5. The fourth-order valence-corrected chi connectivity index (χ4v) is 3.21. The number of hydrogen-bond donors (Lipinski definition) is 1. The number of hydrogen-bond acceptors (Lipinski definition) is 4. The number of likely N-dealkylation sites (N-methyl/N-ethyl adjacent to an activating group) is 1. The van der Waals surface area contributed by atoms with Crippen LogP contribution in [-0.4, -0.2) is 53.8 Å². The number of ether oxygens (including phenoxy) is 1. The zero-order valence-corrected chi connectivity index (χ0v) is 13.7. The van der Waals surface area contributed by atoms with E-state index in [4.69, 9.17) is 4.74 Å². The van der Waals surface area contributed by atoms with Gasteiger partial charge in [0.15, 0.2) is 0 Å². The van der Waals surface area contributed by atoms with Gasteiger partial charge in [-0.3, -0.25) is 0 Å². The summed E-state index contributed by atoms with van der Waals surface area (Å²) in [6.45, 7) is 9.45. The van der Waals surface area contributed by atoms with E-state index in [1.54, 1.807) is 11.9 Å². The molecule has 0 radical (unpaired) electrons. The molecule has 0 aromatic heterocycles. The van der Waals surface area contributed by atoms with E-state index in [0.717, 1.165) is 6.54 Å². The molecule has 2 atom stereocenters. The van der Waals surface area contributed by atoms with Crippen LogP contribution in [0.25, 0.3) is 0 Å². The summed E-state index contributed by atoms with van der Waals surface area (Å²) in [6.07, 6.45) is 2.28. The lowest BCUT2D eigenvalue weighted by Crippen LogP contribution is -2.44. The second-order valence-corrected chi connectivity index (χ2v) is 7.67. The van der Waals surface area contributed by atoms with Crippen molar-refractivity contribution in [1.29, 1.82) is 0 Å². The molecule has 4 nitrogen and oxygen atoms in total. The smallest absolute Gasteiger partial charge is 0.410 e. The van der Waals surface area contributed by atoms with Gasteiger partial charge in [-0.1, -0.05) is 6.92 Å². The number of carbonyl (C=O) groups excluding carboxylic acids is 1. The fourth-order valence-electron chi connectivity index (χ4n) is 2.04. The predicted octanol–water partition coefficient (Wildman–Crippen LogP) is 2.73. The third-order valence-electron chi connectivity index (χ3n) is 3.17. The molecule has 0 aromatic carbocycles. The summed E-state index contributed by atoms with van der Waals surface area (Å²) in [5.74, 6) is 1.27. The summed E-state index contributed by atoms with van der Waals surface area (Å²) in [4.78, 5) is 13.4.